The maximum absolute atomic E-state index is 12.9. The number of nitrogens with zero attached hydrogens (tertiary/aromatic N) is 5. The van der Waals surface area contributed by atoms with E-state index in [1.807, 2.05) is 56.3 Å². The number of aryl methyl sites for hydroxylation is 2. The molecule has 0 saturated carbocycles. The maximum atomic E-state index is 12.9. The lowest BCUT2D eigenvalue weighted by molar-refractivity contribution is -0.274. The molecule has 45 heavy (non-hydrogen) atoms. The van der Waals surface area contributed by atoms with E-state index in [4.69, 9.17) is 0 Å². The first-order valence-corrected chi connectivity index (χ1v) is 15.3. The lowest BCUT2D eigenvalue weighted by Crippen LogP contribution is -2.35. The third kappa shape index (κ3) is 8.09. The Morgan fingerprint density at radius 1 is 1.11 bits per heavy atom. The highest BCUT2D eigenvalue weighted by Gasteiger charge is 2.32. The van der Waals surface area contributed by atoms with Gasteiger partial charge in [0.15, 0.2) is 11.0 Å². The van der Waals surface area contributed by atoms with Crippen molar-refractivity contribution in [2.24, 2.45) is 4.99 Å². The third-order valence-corrected chi connectivity index (χ3v) is 7.84. The molecule has 0 bridgehead atoms. The quantitative estimate of drug-likeness (QED) is 0.215. The minimum absolute atomic E-state index is 0.101. The number of carbonyl (C=O) groups is 2. The normalized spacial score (nSPS) is 15.0. The van der Waals surface area contributed by atoms with E-state index in [9.17, 15) is 22.8 Å². The minimum atomic E-state index is -4.76. The van der Waals surface area contributed by atoms with E-state index < -0.39 is 12.4 Å². The van der Waals surface area contributed by atoms with Gasteiger partial charge in [0, 0.05) is 11.6 Å². The van der Waals surface area contributed by atoms with Crippen molar-refractivity contribution < 1.29 is 27.5 Å². The van der Waals surface area contributed by atoms with Gasteiger partial charge in [0.25, 0.3) is 0 Å². The number of aliphatic imine (C=N–C) groups is 1. The summed E-state index contributed by atoms with van der Waals surface area (Å²) in [5, 5.41) is 7.70. The molecule has 3 aromatic carbocycles. The fourth-order valence-electron chi connectivity index (χ4n) is 4.89. The van der Waals surface area contributed by atoms with Crippen molar-refractivity contribution in [1.82, 2.24) is 20.1 Å². The van der Waals surface area contributed by atoms with Crippen molar-refractivity contribution in [2.75, 3.05) is 10.7 Å². The standard InChI is InChI=1S/C32H31F3N6O3S/c1-4-5-23-9-6-20(2)16-27(23)41-28(42)18-45-31(41)38-30(43)37-21(3)17-22-7-10-24(11-8-22)29-36-19-40(39-29)25-12-14-26(15-13-25)44-32(33,34)35/h6-16,19,21H,4-5,17-18H2,1-3H3,(H,37,43). The van der Waals surface area contributed by atoms with E-state index in [-0.39, 0.29) is 23.5 Å². The summed E-state index contributed by atoms with van der Waals surface area (Å²) in [4.78, 5) is 35.8. The Morgan fingerprint density at radius 3 is 2.53 bits per heavy atom. The molecule has 2 heterocycles. The number of benzene rings is 3. The molecule has 1 unspecified atom stereocenters. The average Bonchev–Trinajstić information content (AvgIpc) is 3.61. The first-order valence-electron chi connectivity index (χ1n) is 14.3. The zero-order valence-electron chi connectivity index (χ0n) is 24.8. The summed E-state index contributed by atoms with van der Waals surface area (Å²) < 4.78 is 42.6. The predicted molar refractivity (Wildman–Crippen MR) is 168 cm³/mol. The van der Waals surface area contributed by atoms with Crippen LogP contribution >= 0.6 is 11.8 Å². The van der Waals surface area contributed by atoms with Crippen LogP contribution in [0, 0.1) is 6.92 Å². The number of ether oxygens (including phenoxy) is 1. The number of thioether (sulfide) groups is 1. The summed E-state index contributed by atoms with van der Waals surface area (Å²) in [5.74, 6) is 0.246. The van der Waals surface area contributed by atoms with Crippen LogP contribution in [0.2, 0.25) is 0 Å². The number of aromatic nitrogens is 3. The summed E-state index contributed by atoms with van der Waals surface area (Å²) in [6.45, 7) is 5.93. The van der Waals surface area contributed by atoms with E-state index in [1.54, 1.807) is 4.90 Å². The Morgan fingerprint density at radius 2 is 1.84 bits per heavy atom. The van der Waals surface area contributed by atoms with Crippen LogP contribution in [0.15, 0.2) is 78.0 Å². The highest BCUT2D eigenvalue weighted by Crippen LogP contribution is 2.31. The van der Waals surface area contributed by atoms with Gasteiger partial charge in [-0.3, -0.25) is 9.69 Å². The Kier molecular flexibility index (Phi) is 9.57. The van der Waals surface area contributed by atoms with Crippen molar-refractivity contribution in [3.8, 4) is 22.8 Å². The zero-order chi connectivity index (χ0) is 32.1. The fourth-order valence-corrected chi connectivity index (χ4v) is 5.75. The van der Waals surface area contributed by atoms with Crippen molar-refractivity contribution in [1.29, 1.82) is 0 Å². The Labute approximate surface area is 262 Å². The molecule has 5 rings (SSSR count). The summed E-state index contributed by atoms with van der Waals surface area (Å²) in [7, 11) is 0. The Balaban J connectivity index is 1.20. The first kappa shape index (κ1) is 31.8. The number of alkyl halides is 3. The number of urea groups is 1. The molecule has 0 radical (unpaired) electrons. The van der Waals surface area contributed by atoms with Gasteiger partial charge >= 0.3 is 12.4 Å². The van der Waals surface area contributed by atoms with Gasteiger partial charge in [-0.05, 0) is 73.7 Å². The molecule has 234 valence electrons. The van der Waals surface area contributed by atoms with Gasteiger partial charge in [0.05, 0.1) is 17.1 Å². The predicted octanol–water partition coefficient (Wildman–Crippen LogP) is 6.87. The maximum Gasteiger partial charge on any atom is 0.573 e. The second-order valence-corrected chi connectivity index (χ2v) is 11.5. The van der Waals surface area contributed by atoms with E-state index in [0.717, 1.165) is 40.8 Å². The Bertz CT molecular complexity index is 1700. The van der Waals surface area contributed by atoms with Gasteiger partial charge in [0.1, 0.15) is 12.1 Å². The number of hydrogen-bond acceptors (Lipinski definition) is 6. The fraction of sp³-hybridized carbons (Fsp3) is 0.281. The van der Waals surface area contributed by atoms with Crippen LogP contribution in [0.1, 0.15) is 37.0 Å². The lowest BCUT2D eigenvalue weighted by Gasteiger charge is -2.20. The van der Waals surface area contributed by atoms with Gasteiger partial charge in [-0.2, -0.15) is 4.99 Å². The lowest BCUT2D eigenvalue weighted by atomic mass is 10.0. The van der Waals surface area contributed by atoms with Crippen LogP contribution in [-0.4, -0.2) is 50.0 Å². The molecule has 1 aromatic heterocycles. The molecule has 1 saturated heterocycles. The van der Waals surface area contributed by atoms with E-state index >= 15 is 0 Å². The van der Waals surface area contributed by atoms with Gasteiger partial charge in [0.2, 0.25) is 5.91 Å². The first-order chi connectivity index (χ1) is 21.5. The number of rotatable bonds is 9. The van der Waals surface area contributed by atoms with Crippen LogP contribution in [0.5, 0.6) is 5.75 Å². The largest absolute Gasteiger partial charge is 0.573 e. The summed E-state index contributed by atoms with van der Waals surface area (Å²) >= 11 is 1.25. The molecular formula is C32H31F3N6O3S. The zero-order valence-corrected chi connectivity index (χ0v) is 25.7. The smallest absolute Gasteiger partial charge is 0.406 e. The third-order valence-electron chi connectivity index (χ3n) is 6.91. The monoisotopic (exact) mass is 636 g/mol. The van der Waals surface area contributed by atoms with Gasteiger partial charge in [-0.25, -0.2) is 14.5 Å². The summed E-state index contributed by atoms with van der Waals surface area (Å²) in [6, 6.07) is 18.1. The van der Waals surface area contributed by atoms with Crippen molar-refractivity contribution in [3.05, 3.63) is 89.7 Å². The summed E-state index contributed by atoms with van der Waals surface area (Å²) in [6.07, 6.45) is -1.000. The van der Waals surface area contributed by atoms with E-state index in [1.165, 1.54) is 47.0 Å². The van der Waals surface area contributed by atoms with Gasteiger partial charge in [-0.1, -0.05) is 61.5 Å². The molecular weight excluding hydrogens is 605 g/mol. The number of amides is 3. The van der Waals surface area contributed by atoms with E-state index in [2.05, 4.69) is 32.1 Å². The van der Waals surface area contributed by atoms with Gasteiger partial charge < -0.3 is 10.1 Å². The molecule has 0 spiro atoms. The van der Waals surface area contributed by atoms with Crippen LogP contribution in [0.4, 0.5) is 23.7 Å². The minimum Gasteiger partial charge on any atom is -0.406 e. The molecule has 1 aliphatic rings. The molecule has 13 heteroatoms. The van der Waals surface area contributed by atoms with Crippen LogP contribution < -0.4 is 15.0 Å². The average molecular weight is 637 g/mol. The molecule has 4 aromatic rings. The molecule has 1 atom stereocenters. The summed E-state index contributed by atoms with van der Waals surface area (Å²) in [5.41, 5.74) is 5.08. The SMILES string of the molecule is CCCc1ccc(C)cc1N1C(=O)CSC1=NC(=O)NC(C)Cc1ccc(-c2ncn(-c3ccc(OC(F)(F)F)cc3)n2)cc1. The number of nitrogens with one attached hydrogen (secondary N) is 1. The molecule has 1 fully saturated rings. The molecule has 1 aliphatic heterocycles. The number of anilines is 1. The van der Waals surface area contributed by atoms with Crippen LogP contribution in [0.3, 0.4) is 0 Å². The topological polar surface area (TPSA) is 102 Å². The molecule has 9 nitrogen and oxygen atoms in total. The number of halogens is 3. The van der Waals surface area contributed by atoms with Crippen molar-refractivity contribution in [2.45, 2.75) is 52.4 Å². The second-order valence-electron chi connectivity index (χ2n) is 10.6. The molecule has 1 N–H and O–H groups in total. The molecule has 3 amide bonds. The highest BCUT2D eigenvalue weighted by molar-refractivity contribution is 8.15. The Hall–Kier alpha value is -4.65. The van der Waals surface area contributed by atoms with E-state index in [0.29, 0.717) is 23.1 Å². The molecule has 0 aliphatic carbocycles. The van der Waals surface area contributed by atoms with Gasteiger partial charge in [-0.15, -0.1) is 18.3 Å². The highest BCUT2D eigenvalue weighted by atomic mass is 32.2. The van der Waals surface area contributed by atoms with Crippen LogP contribution in [0.25, 0.3) is 17.1 Å². The van der Waals surface area contributed by atoms with Crippen molar-refractivity contribution >= 4 is 34.6 Å². The van der Waals surface area contributed by atoms with Crippen molar-refractivity contribution in [3.63, 3.8) is 0 Å². The van der Waals surface area contributed by atoms with Crippen LogP contribution in [-0.2, 0) is 17.6 Å². The number of carbonyl (C=O) groups excluding carboxylic acids is 2. The number of amidine groups is 1. The number of hydrogen-bond donors (Lipinski definition) is 1. The second kappa shape index (κ2) is 13.6.